The second-order valence-electron chi connectivity index (χ2n) is 8.70. The number of anilines is 1. The molecule has 1 aliphatic carbocycles. The zero-order chi connectivity index (χ0) is 24.4. The Morgan fingerprint density at radius 1 is 0.912 bits per heavy atom. The molecular weight excluding hydrogens is 436 g/mol. The lowest BCUT2D eigenvalue weighted by molar-refractivity contribution is -0.123. The van der Waals surface area contributed by atoms with Crippen molar-refractivity contribution >= 4 is 35.2 Å². The van der Waals surface area contributed by atoms with Crippen LogP contribution in [0, 0.1) is 0 Å². The zero-order valence-electron chi connectivity index (χ0n) is 19.1. The van der Waals surface area contributed by atoms with E-state index in [1.807, 2.05) is 0 Å². The van der Waals surface area contributed by atoms with Crippen LogP contribution in [0.3, 0.4) is 0 Å². The predicted octanol–water partition coefficient (Wildman–Crippen LogP) is 4.00. The summed E-state index contributed by atoms with van der Waals surface area (Å²) in [6.45, 7) is 2.88. The minimum absolute atomic E-state index is 0.0865. The van der Waals surface area contributed by atoms with Gasteiger partial charge in [0.1, 0.15) is 0 Å². The van der Waals surface area contributed by atoms with Crippen LogP contribution in [-0.2, 0) is 9.53 Å². The predicted molar refractivity (Wildman–Crippen MR) is 124 cm³/mol. The Labute approximate surface area is 197 Å². The van der Waals surface area contributed by atoms with E-state index in [-0.39, 0.29) is 40.3 Å². The van der Waals surface area contributed by atoms with Crippen LogP contribution in [0.1, 0.15) is 87.4 Å². The number of fused-ring (bicyclic) bond motifs is 1. The van der Waals surface area contributed by atoms with Crippen molar-refractivity contribution in [3.63, 3.8) is 0 Å². The number of imide groups is 1. The van der Waals surface area contributed by atoms with E-state index in [0.29, 0.717) is 11.3 Å². The molecule has 176 valence electrons. The molecule has 0 radical (unpaired) electrons. The number of ketones is 1. The van der Waals surface area contributed by atoms with Crippen molar-refractivity contribution in [3.8, 4) is 0 Å². The van der Waals surface area contributed by atoms with Gasteiger partial charge in [-0.2, -0.15) is 0 Å². The van der Waals surface area contributed by atoms with E-state index in [1.54, 1.807) is 24.3 Å². The third-order valence-electron chi connectivity index (χ3n) is 6.31. The van der Waals surface area contributed by atoms with Crippen LogP contribution in [0.25, 0.3) is 0 Å². The van der Waals surface area contributed by atoms with Gasteiger partial charge in [-0.15, -0.1) is 0 Å². The number of nitrogens with zero attached hydrogens (tertiary/aromatic N) is 1. The first-order valence-electron chi connectivity index (χ1n) is 11.4. The molecule has 0 spiro atoms. The highest BCUT2D eigenvalue weighted by atomic mass is 16.5. The molecule has 3 amide bonds. The monoisotopic (exact) mass is 462 g/mol. The fraction of sp³-hybridized carbons (Fsp3) is 0.346. The molecule has 34 heavy (non-hydrogen) atoms. The number of hydrogen-bond acceptors (Lipinski definition) is 6. The molecule has 1 fully saturated rings. The molecule has 1 N–H and O–H groups in total. The zero-order valence-corrected chi connectivity index (χ0v) is 19.1. The highest BCUT2D eigenvalue weighted by Crippen LogP contribution is 2.31. The molecule has 2 aliphatic rings. The molecule has 8 nitrogen and oxygen atoms in total. The standard InChI is InChI=1S/C26H26N2O6/c1-15(29)17-8-11-19(12-9-17)27-23(30)16(2)34-26(33)18-10-13-21-22(14-18)25(32)28(24(21)31)20-6-4-3-5-7-20/h8-14,16,20H,3-7H2,1-2H3,(H,27,30). The summed E-state index contributed by atoms with van der Waals surface area (Å²) in [5.41, 5.74) is 1.54. The number of carbonyl (C=O) groups is 5. The number of rotatable bonds is 6. The van der Waals surface area contributed by atoms with Gasteiger partial charge in [0.05, 0.1) is 16.7 Å². The second kappa shape index (κ2) is 9.59. The molecule has 0 saturated heterocycles. The minimum Gasteiger partial charge on any atom is -0.449 e. The normalized spacial score (nSPS) is 16.7. The lowest BCUT2D eigenvalue weighted by Crippen LogP contribution is -2.40. The van der Waals surface area contributed by atoms with Crippen LogP contribution in [0.5, 0.6) is 0 Å². The summed E-state index contributed by atoms with van der Waals surface area (Å²) in [6.07, 6.45) is 3.55. The van der Waals surface area contributed by atoms with Crippen LogP contribution in [0.4, 0.5) is 5.69 Å². The van der Waals surface area contributed by atoms with E-state index in [1.165, 1.54) is 36.9 Å². The van der Waals surface area contributed by atoms with Crippen molar-refractivity contribution < 1.29 is 28.7 Å². The fourth-order valence-corrected chi connectivity index (χ4v) is 4.37. The van der Waals surface area contributed by atoms with Crippen LogP contribution >= 0.6 is 0 Å². The maximum atomic E-state index is 12.9. The van der Waals surface area contributed by atoms with Gasteiger partial charge in [0.25, 0.3) is 17.7 Å². The first-order chi connectivity index (χ1) is 16.3. The van der Waals surface area contributed by atoms with Gasteiger partial charge in [0.15, 0.2) is 11.9 Å². The van der Waals surface area contributed by atoms with Gasteiger partial charge in [0.2, 0.25) is 0 Å². The smallest absolute Gasteiger partial charge is 0.338 e. The maximum absolute atomic E-state index is 12.9. The number of carbonyl (C=O) groups excluding carboxylic acids is 5. The molecule has 1 heterocycles. The largest absolute Gasteiger partial charge is 0.449 e. The third-order valence-corrected chi connectivity index (χ3v) is 6.31. The summed E-state index contributed by atoms with van der Waals surface area (Å²) in [6, 6.07) is 10.5. The average molecular weight is 463 g/mol. The molecule has 0 bridgehead atoms. The molecule has 1 saturated carbocycles. The Morgan fingerprint density at radius 2 is 1.53 bits per heavy atom. The van der Waals surface area contributed by atoms with Crippen molar-refractivity contribution in [1.29, 1.82) is 0 Å². The lowest BCUT2D eigenvalue weighted by atomic mass is 9.94. The van der Waals surface area contributed by atoms with Gasteiger partial charge >= 0.3 is 5.97 Å². The van der Waals surface area contributed by atoms with Crippen LogP contribution in [0.2, 0.25) is 0 Å². The van der Waals surface area contributed by atoms with Gasteiger partial charge in [-0.25, -0.2) is 4.79 Å². The van der Waals surface area contributed by atoms with Crippen molar-refractivity contribution in [2.75, 3.05) is 5.32 Å². The topological polar surface area (TPSA) is 110 Å². The number of benzene rings is 2. The molecular formula is C26H26N2O6. The molecule has 4 rings (SSSR count). The number of ether oxygens (including phenoxy) is 1. The molecule has 2 aromatic carbocycles. The van der Waals surface area contributed by atoms with Gasteiger partial charge < -0.3 is 10.1 Å². The molecule has 1 atom stereocenters. The molecule has 0 aromatic heterocycles. The Morgan fingerprint density at radius 3 is 2.18 bits per heavy atom. The van der Waals surface area contributed by atoms with Crippen LogP contribution in [0.15, 0.2) is 42.5 Å². The van der Waals surface area contributed by atoms with E-state index in [9.17, 15) is 24.0 Å². The van der Waals surface area contributed by atoms with Crippen molar-refractivity contribution in [2.45, 2.75) is 58.1 Å². The Kier molecular flexibility index (Phi) is 6.58. The van der Waals surface area contributed by atoms with E-state index in [2.05, 4.69) is 5.32 Å². The maximum Gasteiger partial charge on any atom is 0.338 e. The Balaban J connectivity index is 1.41. The highest BCUT2D eigenvalue weighted by molar-refractivity contribution is 6.22. The first kappa shape index (κ1) is 23.4. The average Bonchev–Trinajstić information content (AvgIpc) is 3.09. The van der Waals surface area contributed by atoms with Gasteiger partial charge in [-0.3, -0.25) is 24.1 Å². The highest BCUT2D eigenvalue weighted by Gasteiger charge is 2.40. The Bertz CT molecular complexity index is 1160. The summed E-state index contributed by atoms with van der Waals surface area (Å²) >= 11 is 0. The summed E-state index contributed by atoms with van der Waals surface area (Å²) in [4.78, 5) is 63.5. The lowest BCUT2D eigenvalue weighted by Gasteiger charge is -2.29. The minimum atomic E-state index is -1.11. The number of nitrogens with one attached hydrogen (secondary N) is 1. The Hall–Kier alpha value is -3.81. The molecule has 1 unspecified atom stereocenters. The van der Waals surface area contributed by atoms with Gasteiger partial charge in [0, 0.05) is 17.3 Å². The SMILES string of the molecule is CC(=O)c1ccc(NC(=O)C(C)OC(=O)c2ccc3c(c2)C(=O)N(C2CCCCC2)C3=O)cc1. The second-order valence-corrected chi connectivity index (χ2v) is 8.70. The van der Waals surface area contributed by atoms with Gasteiger partial charge in [-0.1, -0.05) is 19.3 Å². The summed E-state index contributed by atoms with van der Waals surface area (Å²) in [7, 11) is 0. The number of esters is 1. The van der Waals surface area contributed by atoms with E-state index >= 15 is 0 Å². The molecule has 2 aromatic rings. The molecule has 1 aliphatic heterocycles. The van der Waals surface area contributed by atoms with Crippen molar-refractivity contribution in [1.82, 2.24) is 4.90 Å². The summed E-state index contributed by atoms with van der Waals surface area (Å²) in [5, 5.41) is 2.63. The van der Waals surface area contributed by atoms with Gasteiger partial charge in [-0.05, 0) is 69.2 Å². The van der Waals surface area contributed by atoms with Crippen LogP contribution < -0.4 is 5.32 Å². The molecule has 8 heteroatoms. The fourth-order valence-electron chi connectivity index (χ4n) is 4.37. The number of Topliss-reactive ketones (excluding diaryl/α,β-unsaturated/α-hetero) is 1. The van der Waals surface area contributed by atoms with E-state index in [4.69, 9.17) is 4.74 Å². The van der Waals surface area contributed by atoms with Crippen molar-refractivity contribution in [3.05, 3.63) is 64.7 Å². The van der Waals surface area contributed by atoms with E-state index < -0.39 is 18.0 Å². The quantitative estimate of drug-likeness (QED) is 0.395. The number of hydrogen-bond donors (Lipinski definition) is 1. The first-order valence-corrected chi connectivity index (χ1v) is 11.4. The summed E-state index contributed by atoms with van der Waals surface area (Å²) < 4.78 is 5.28. The number of amides is 3. The van der Waals surface area contributed by atoms with E-state index in [0.717, 1.165) is 32.1 Å². The van der Waals surface area contributed by atoms with Crippen molar-refractivity contribution in [2.24, 2.45) is 0 Å². The van der Waals surface area contributed by atoms with Crippen LogP contribution in [-0.4, -0.2) is 46.5 Å². The third kappa shape index (κ3) is 4.62. The summed E-state index contributed by atoms with van der Waals surface area (Å²) in [5.74, 6) is -2.11.